The molecule has 0 aliphatic heterocycles. The summed E-state index contributed by atoms with van der Waals surface area (Å²) in [5.41, 5.74) is 0.984. The summed E-state index contributed by atoms with van der Waals surface area (Å²) in [5, 5.41) is 26.0. The van der Waals surface area contributed by atoms with Gasteiger partial charge in [0.15, 0.2) is 0 Å². The standard InChI is InChI=1S/C21H30BN4O4Si/c1-14(2)11-19(22(29)30)26-20(27)17(25-21(28)18-13-23-9-10-24-18)12-15-5-7-16(8-6-15)31(3)4/h5-10,13-14,17,19,29-30H,11-12H2,1-4H3,(H,25,28)(H,26,27)/t17-,19-/m0/s1. The summed E-state index contributed by atoms with van der Waals surface area (Å²) in [4.78, 5) is 33.5. The lowest BCUT2D eigenvalue weighted by molar-refractivity contribution is -0.123. The first kappa shape index (κ1) is 24.7. The van der Waals surface area contributed by atoms with Crippen molar-refractivity contribution in [3.63, 3.8) is 0 Å². The Morgan fingerprint density at radius 3 is 2.29 bits per heavy atom. The fourth-order valence-electron chi connectivity index (χ4n) is 3.11. The van der Waals surface area contributed by atoms with Gasteiger partial charge in [0, 0.05) is 18.8 Å². The van der Waals surface area contributed by atoms with E-state index < -0.39 is 39.7 Å². The summed E-state index contributed by atoms with van der Waals surface area (Å²) in [7, 11) is -2.28. The van der Waals surface area contributed by atoms with Gasteiger partial charge in [-0.15, -0.1) is 0 Å². The van der Waals surface area contributed by atoms with E-state index in [0.717, 1.165) is 5.56 Å². The Balaban J connectivity index is 2.21. The molecular weight excluding hydrogens is 411 g/mol. The number of benzene rings is 1. The van der Waals surface area contributed by atoms with E-state index in [9.17, 15) is 19.6 Å². The highest BCUT2D eigenvalue weighted by molar-refractivity contribution is 6.70. The van der Waals surface area contributed by atoms with Crippen LogP contribution >= 0.6 is 0 Å². The Morgan fingerprint density at radius 2 is 1.77 bits per heavy atom. The van der Waals surface area contributed by atoms with Crippen molar-refractivity contribution in [1.82, 2.24) is 20.6 Å². The molecule has 1 aromatic carbocycles. The molecule has 2 aromatic rings. The van der Waals surface area contributed by atoms with E-state index in [-0.39, 0.29) is 18.0 Å². The first-order valence-corrected chi connectivity index (χ1v) is 12.8. The zero-order valence-corrected chi connectivity index (χ0v) is 19.4. The number of aromatic nitrogens is 2. The average molecular weight is 441 g/mol. The molecule has 4 N–H and O–H groups in total. The molecule has 8 nitrogen and oxygen atoms in total. The summed E-state index contributed by atoms with van der Waals surface area (Å²) in [6.07, 6.45) is 4.82. The average Bonchev–Trinajstić information content (AvgIpc) is 2.73. The second kappa shape index (κ2) is 11.7. The van der Waals surface area contributed by atoms with Gasteiger partial charge in [0.05, 0.1) is 20.9 Å². The molecule has 1 radical (unpaired) electrons. The SMILES string of the molecule is CC(C)C[C@H](NC(=O)[C@H](Cc1ccc([Si](C)C)cc1)NC(=O)c1cnccn1)B(O)O. The minimum Gasteiger partial charge on any atom is -0.426 e. The first-order chi connectivity index (χ1) is 14.7. The van der Waals surface area contributed by atoms with Crippen molar-refractivity contribution in [3.8, 4) is 0 Å². The van der Waals surface area contributed by atoms with Crippen molar-refractivity contribution in [1.29, 1.82) is 0 Å². The van der Waals surface area contributed by atoms with Gasteiger partial charge in [-0.25, -0.2) is 4.98 Å². The maximum Gasteiger partial charge on any atom is 0.475 e. The normalized spacial score (nSPS) is 13.0. The minimum absolute atomic E-state index is 0.0979. The van der Waals surface area contributed by atoms with Gasteiger partial charge in [0.1, 0.15) is 11.7 Å². The summed E-state index contributed by atoms with van der Waals surface area (Å²) >= 11 is 0. The van der Waals surface area contributed by atoms with Crippen molar-refractivity contribution in [2.45, 2.75) is 51.8 Å². The number of amides is 2. The van der Waals surface area contributed by atoms with Crippen LogP contribution in [0.25, 0.3) is 0 Å². The molecule has 0 aliphatic carbocycles. The Kier molecular flexibility index (Phi) is 9.35. The van der Waals surface area contributed by atoms with Gasteiger partial charge in [-0.3, -0.25) is 14.6 Å². The highest BCUT2D eigenvalue weighted by Crippen LogP contribution is 2.09. The highest BCUT2D eigenvalue weighted by Gasteiger charge is 2.30. The Bertz CT molecular complexity index is 850. The quantitative estimate of drug-likeness (QED) is 0.394. The van der Waals surface area contributed by atoms with Crippen molar-refractivity contribution in [2.75, 3.05) is 0 Å². The van der Waals surface area contributed by atoms with E-state index in [4.69, 9.17) is 0 Å². The number of hydrogen-bond acceptors (Lipinski definition) is 6. The van der Waals surface area contributed by atoms with Crippen LogP contribution in [0.5, 0.6) is 0 Å². The molecule has 0 saturated heterocycles. The topological polar surface area (TPSA) is 124 Å². The lowest BCUT2D eigenvalue weighted by atomic mass is 9.75. The molecule has 10 heteroatoms. The number of nitrogens with zero attached hydrogens (tertiary/aromatic N) is 2. The summed E-state index contributed by atoms with van der Waals surface area (Å²) in [5.74, 6) is -1.71. The molecular formula is C21H30BN4O4Si. The van der Waals surface area contributed by atoms with Gasteiger partial charge in [-0.05, 0) is 17.9 Å². The van der Waals surface area contributed by atoms with Crippen molar-refractivity contribution in [2.24, 2.45) is 5.92 Å². The predicted octanol–water partition coefficient (Wildman–Crippen LogP) is 0.322. The predicted molar refractivity (Wildman–Crippen MR) is 122 cm³/mol. The van der Waals surface area contributed by atoms with Gasteiger partial charge in [0.25, 0.3) is 5.91 Å². The molecule has 0 bridgehead atoms. The third-order valence-corrected chi connectivity index (χ3v) is 6.29. The minimum atomic E-state index is -1.70. The second-order valence-corrected chi connectivity index (χ2v) is 10.8. The summed E-state index contributed by atoms with van der Waals surface area (Å²) < 4.78 is 0. The molecule has 1 heterocycles. The summed E-state index contributed by atoms with van der Waals surface area (Å²) in [6.45, 7) is 8.25. The fraction of sp³-hybridized carbons (Fsp3) is 0.429. The smallest absolute Gasteiger partial charge is 0.426 e. The van der Waals surface area contributed by atoms with E-state index in [1.54, 1.807) is 0 Å². The van der Waals surface area contributed by atoms with Crippen molar-refractivity contribution in [3.05, 3.63) is 54.1 Å². The second-order valence-electron chi connectivity index (χ2n) is 8.18. The molecule has 2 rings (SSSR count). The first-order valence-electron chi connectivity index (χ1n) is 10.3. The van der Waals surface area contributed by atoms with Crippen LogP contribution in [0.2, 0.25) is 13.1 Å². The van der Waals surface area contributed by atoms with Crippen molar-refractivity contribution >= 4 is 32.9 Å². The van der Waals surface area contributed by atoms with Crippen LogP contribution in [0, 0.1) is 5.92 Å². The molecule has 31 heavy (non-hydrogen) atoms. The van der Waals surface area contributed by atoms with Gasteiger partial charge < -0.3 is 20.7 Å². The molecule has 0 unspecified atom stereocenters. The number of rotatable bonds is 10. The molecule has 0 aliphatic rings. The number of nitrogens with one attached hydrogen (secondary N) is 2. The van der Waals surface area contributed by atoms with Crippen LogP contribution in [0.1, 0.15) is 36.3 Å². The van der Waals surface area contributed by atoms with Crippen LogP contribution in [-0.2, 0) is 11.2 Å². The molecule has 2 amide bonds. The maximum atomic E-state index is 13.0. The Morgan fingerprint density at radius 1 is 1.10 bits per heavy atom. The number of carbonyl (C=O) groups excluding carboxylic acids is 2. The molecule has 0 spiro atoms. The van der Waals surface area contributed by atoms with Crippen LogP contribution in [0.15, 0.2) is 42.9 Å². The highest BCUT2D eigenvalue weighted by atomic mass is 28.3. The van der Waals surface area contributed by atoms with Crippen LogP contribution in [0.3, 0.4) is 0 Å². The van der Waals surface area contributed by atoms with E-state index in [1.807, 2.05) is 38.1 Å². The Hall–Kier alpha value is -2.56. The third-order valence-electron chi connectivity index (χ3n) is 4.80. The zero-order chi connectivity index (χ0) is 23.0. The van der Waals surface area contributed by atoms with E-state index in [1.165, 1.54) is 23.8 Å². The fourth-order valence-corrected chi connectivity index (χ4v) is 3.95. The lowest BCUT2D eigenvalue weighted by Gasteiger charge is -2.24. The Labute approximate surface area is 185 Å². The summed E-state index contributed by atoms with van der Waals surface area (Å²) in [6, 6.07) is 7.08. The molecule has 165 valence electrons. The van der Waals surface area contributed by atoms with Gasteiger partial charge >= 0.3 is 7.12 Å². The van der Waals surface area contributed by atoms with Crippen LogP contribution in [-0.4, -0.2) is 59.7 Å². The van der Waals surface area contributed by atoms with E-state index in [2.05, 4.69) is 33.7 Å². The molecule has 0 saturated carbocycles. The number of hydrogen-bond donors (Lipinski definition) is 4. The maximum absolute atomic E-state index is 13.0. The lowest BCUT2D eigenvalue weighted by Crippen LogP contribution is -2.55. The van der Waals surface area contributed by atoms with Crippen molar-refractivity contribution < 1.29 is 19.6 Å². The van der Waals surface area contributed by atoms with Gasteiger partial charge in [0.2, 0.25) is 5.91 Å². The van der Waals surface area contributed by atoms with Crippen LogP contribution in [0.4, 0.5) is 0 Å². The zero-order valence-electron chi connectivity index (χ0n) is 18.4. The van der Waals surface area contributed by atoms with E-state index >= 15 is 0 Å². The van der Waals surface area contributed by atoms with E-state index in [0.29, 0.717) is 6.42 Å². The molecule has 1 aromatic heterocycles. The monoisotopic (exact) mass is 441 g/mol. The molecule has 0 fully saturated rings. The third kappa shape index (κ3) is 7.89. The van der Waals surface area contributed by atoms with Crippen LogP contribution < -0.4 is 15.8 Å². The number of carbonyl (C=O) groups is 2. The van der Waals surface area contributed by atoms with Gasteiger partial charge in [-0.1, -0.05) is 56.4 Å². The molecule has 2 atom stereocenters. The van der Waals surface area contributed by atoms with Gasteiger partial charge in [-0.2, -0.15) is 0 Å². The largest absolute Gasteiger partial charge is 0.475 e.